The first-order chi connectivity index (χ1) is 21.7. The fourth-order valence-corrected chi connectivity index (χ4v) is 6.62. The maximum absolute atomic E-state index is 10.8. The topological polar surface area (TPSA) is 68.1 Å². The maximum atomic E-state index is 10.8. The van der Waals surface area contributed by atoms with E-state index in [-0.39, 0.29) is 5.75 Å². The van der Waals surface area contributed by atoms with Crippen molar-refractivity contribution in [2.45, 2.75) is 5.41 Å². The van der Waals surface area contributed by atoms with Gasteiger partial charge in [-0.05, 0) is 58.1 Å². The minimum atomic E-state index is -0.777. The molecule has 0 fully saturated rings. The van der Waals surface area contributed by atoms with Crippen molar-refractivity contribution < 1.29 is 9.84 Å². The van der Waals surface area contributed by atoms with Crippen molar-refractivity contribution in [3.8, 4) is 45.1 Å². The molecule has 1 aliphatic carbocycles. The van der Waals surface area contributed by atoms with E-state index in [2.05, 4.69) is 72.8 Å². The number of rotatable bonds is 5. The van der Waals surface area contributed by atoms with Crippen LogP contribution in [0.15, 0.2) is 140 Å². The van der Waals surface area contributed by atoms with Crippen LogP contribution < -0.4 is 4.74 Å². The molecule has 0 unspecified atom stereocenters. The highest BCUT2D eigenvalue weighted by molar-refractivity contribution is 5.87. The van der Waals surface area contributed by atoms with Crippen molar-refractivity contribution in [1.82, 2.24) is 15.0 Å². The fraction of sp³-hybridized carbons (Fsp3) is 0.0513. The molecule has 0 saturated carbocycles. The lowest BCUT2D eigenvalue weighted by atomic mass is 9.69. The van der Waals surface area contributed by atoms with Crippen molar-refractivity contribution in [2.75, 3.05) is 7.11 Å². The van der Waals surface area contributed by atoms with Gasteiger partial charge in [0.25, 0.3) is 0 Å². The molecular formula is C39H27N3O2. The number of ether oxygens (including phenoxy) is 1. The SMILES string of the molecule is COc1cc(-c2ccccc2O)nc(C2(c3cccc(-c4cnc5ccccc5n4)c3)c3ccccc3-c3ccccc32)c1. The van der Waals surface area contributed by atoms with E-state index in [4.69, 9.17) is 19.7 Å². The second-order valence-corrected chi connectivity index (χ2v) is 11.0. The van der Waals surface area contributed by atoms with Crippen LogP contribution in [0.2, 0.25) is 0 Å². The number of fused-ring (bicyclic) bond motifs is 4. The summed E-state index contributed by atoms with van der Waals surface area (Å²) in [5.41, 5.74) is 10.4. The first-order valence-electron chi connectivity index (χ1n) is 14.5. The molecule has 0 spiro atoms. The highest BCUT2D eigenvalue weighted by Gasteiger charge is 2.47. The summed E-state index contributed by atoms with van der Waals surface area (Å²) in [4.78, 5) is 15.0. The molecule has 0 amide bonds. The third-order valence-corrected chi connectivity index (χ3v) is 8.59. The van der Waals surface area contributed by atoms with E-state index in [0.29, 0.717) is 17.0 Å². The molecule has 7 aromatic rings. The Labute approximate surface area is 255 Å². The van der Waals surface area contributed by atoms with Crippen LogP contribution in [-0.4, -0.2) is 27.2 Å². The van der Waals surface area contributed by atoms with Crippen LogP contribution >= 0.6 is 0 Å². The molecule has 8 rings (SSSR count). The van der Waals surface area contributed by atoms with Crippen LogP contribution in [0, 0.1) is 0 Å². The van der Waals surface area contributed by atoms with Crippen molar-refractivity contribution in [3.63, 3.8) is 0 Å². The number of hydrogen-bond donors (Lipinski definition) is 1. The first kappa shape index (κ1) is 25.9. The molecule has 210 valence electrons. The lowest BCUT2D eigenvalue weighted by Gasteiger charge is -2.33. The zero-order valence-corrected chi connectivity index (χ0v) is 24.0. The Kier molecular flexibility index (Phi) is 5.98. The molecule has 1 aliphatic rings. The molecule has 0 radical (unpaired) electrons. The minimum absolute atomic E-state index is 0.164. The standard InChI is InChI=1S/C39H27N3O2/c1-44-27-22-35(30-15-4-9-20-37(30)43)42-38(23-27)39(31-16-5-2-13-28(31)29-14-3-6-17-32(29)39)26-12-10-11-25(21-26)36-24-40-33-18-7-8-19-34(33)41-36/h2-24,43H,1H3. The Hall–Kier alpha value is -5.81. The quantitative estimate of drug-likeness (QED) is 0.225. The number of benzene rings is 5. The lowest BCUT2D eigenvalue weighted by Crippen LogP contribution is -2.30. The third-order valence-electron chi connectivity index (χ3n) is 8.59. The van der Waals surface area contributed by atoms with Crippen LogP contribution in [0.4, 0.5) is 0 Å². The Bertz CT molecular complexity index is 2160. The molecule has 5 aromatic carbocycles. The Morgan fingerprint density at radius 2 is 1.25 bits per heavy atom. The van der Waals surface area contributed by atoms with E-state index < -0.39 is 5.41 Å². The average Bonchev–Trinajstić information content (AvgIpc) is 3.39. The first-order valence-corrected chi connectivity index (χ1v) is 14.5. The maximum Gasteiger partial charge on any atom is 0.124 e. The van der Waals surface area contributed by atoms with Gasteiger partial charge in [-0.3, -0.25) is 9.97 Å². The molecule has 5 heteroatoms. The van der Waals surface area contributed by atoms with Crippen LogP contribution in [-0.2, 0) is 5.41 Å². The normalized spacial score (nSPS) is 12.9. The van der Waals surface area contributed by atoms with Crippen LogP contribution in [0.3, 0.4) is 0 Å². The predicted molar refractivity (Wildman–Crippen MR) is 174 cm³/mol. The number of methoxy groups -OCH3 is 1. The fourth-order valence-electron chi connectivity index (χ4n) is 6.62. The number of phenolic OH excluding ortho intramolecular Hbond substituents is 1. The van der Waals surface area contributed by atoms with E-state index in [1.165, 1.54) is 0 Å². The minimum Gasteiger partial charge on any atom is -0.507 e. The van der Waals surface area contributed by atoms with E-state index >= 15 is 0 Å². The van der Waals surface area contributed by atoms with Crippen LogP contribution in [0.1, 0.15) is 22.4 Å². The predicted octanol–water partition coefficient (Wildman–Crippen LogP) is 8.44. The summed E-state index contributed by atoms with van der Waals surface area (Å²) in [7, 11) is 1.66. The molecule has 0 saturated heterocycles. The zero-order chi connectivity index (χ0) is 29.7. The molecular weight excluding hydrogens is 542 g/mol. The van der Waals surface area contributed by atoms with E-state index in [1.807, 2.05) is 60.8 Å². The largest absolute Gasteiger partial charge is 0.507 e. The summed E-state index contributed by atoms with van der Waals surface area (Å²) in [5.74, 6) is 0.823. The highest BCUT2D eigenvalue weighted by atomic mass is 16.5. The van der Waals surface area contributed by atoms with Gasteiger partial charge in [-0.15, -0.1) is 0 Å². The highest BCUT2D eigenvalue weighted by Crippen LogP contribution is 2.56. The second kappa shape index (κ2) is 10.2. The number of aromatic hydroxyl groups is 1. The molecule has 2 heterocycles. The smallest absolute Gasteiger partial charge is 0.124 e. The van der Waals surface area contributed by atoms with Gasteiger partial charge >= 0.3 is 0 Å². The second-order valence-electron chi connectivity index (χ2n) is 11.0. The number of pyridine rings is 1. The molecule has 2 aromatic heterocycles. The molecule has 44 heavy (non-hydrogen) atoms. The Morgan fingerprint density at radius 1 is 0.591 bits per heavy atom. The van der Waals surface area contributed by atoms with Gasteiger partial charge in [0.15, 0.2) is 0 Å². The summed E-state index contributed by atoms with van der Waals surface area (Å²) in [5, 5.41) is 10.8. The summed E-state index contributed by atoms with van der Waals surface area (Å²) in [6, 6.07) is 44.7. The van der Waals surface area contributed by atoms with Crippen molar-refractivity contribution in [2.24, 2.45) is 0 Å². The lowest BCUT2D eigenvalue weighted by molar-refractivity contribution is 0.413. The van der Waals surface area contributed by atoms with Crippen molar-refractivity contribution in [3.05, 3.63) is 162 Å². The number of para-hydroxylation sites is 3. The van der Waals surface area contributed by atoms with Crippen LogP contribution in [0.25, 0.3) is 44.7 Å². The molecule has 1 N–H and O–H groups in total. The number of nitrogens with zero attached hydrogens (tertiary/aromatic N) is 3. The van der Waals surface area contributed by atoms with Gasteiger partial charge in [0, 0.05) is 23.3 Å². The van der Waals surface area contributed by atoms with Gasteiger partial charge in [0.2, 0.25) is 0 Å². The number of phenols is 1. The van der Waals surface area contributed by atoms with E-state index in [1.54, 1.807) is 13.2 Å². The van der Waals surface area contributed by atoms with Crippen LogP contribution in [0.5, 0.6) is 11.5 Å². The summed E-state index contributed by atoms with van der Waals surface area (Å²) >= 11 is 0. The van der Waals surface area contributed by atoms with Gasteiger partial charge in [-0.1, -0.05) is 91.0 Å². The van der Waals surface area contributed by atoms with Crippen molar-refractivity contribution >= 4 is 11.0 Å². The van der Waals surface area contributed by atoms with Gasteiger partial charge < -0.3 is 9.84 Å². The summed E-state index contributed by atoms with van der Waals surface area (Å²) in [6.45, 7) is 0. The zero-order valence-electron chi connectivity index (χ0n) is 24.0. The third kappa shape index (κ3) is 3.90. The number of aromatic nitrogens is 3. The molecule has 0 atom stereocenters. The Morgan fingerprint density at radius 3 is 1.98 bits per heavy atom. The Balaban J connectivity index is 1.44. The van der Waals surface area contributed by atoms with E-state index in [0.717, 1.165) is 55.8 Å². The van der Waals surface area contributed by atoms with E-state index in [9.17, 15) is 5.11 Å². The van der Waals surface area contributed by atoms with Gasteiger partial charge in [0.05, 0.1) is 46.8 Å². The summed E-state index contributed by atoms with van der Waals surface area (Å²) < 4.78 is 5.87. The van der Waals surface area contributed by atoms with Gasteiger partial charge in [0.1, 0.15) is 11.5 Å². The van der Waals surface area contributed by atoms with Gasteiger partial charge in [-0.2, -0.15) is 0 Å². The molecule has 5 nitrogen and oxygen atoms in total. The van der Waals surface area contributed by atoms with Gasteiger partial charge in [-0.25, -0.2) is 4.98 Å². The summed E-state index contributed by atoms with van der Waals surface area (Å²) in [6.07, 6.45) is 1.84. The monoisotopic (exact) mass is 569 g/mol. The number of hydrogen-bond acceptors (Lipinski definition) is 5. The van der Waals surface area contributed by atoms with Crippen molar-refractivity contribution in [1.29, 1.82) is 0 Å². The molecule has 0 bridgehead atoms. The average molecular weight is 570 g/mol. The molecule has 0 aliphatic heterocycles.